The average molecular weight is 367 g/mol. The van der Waals surface area contributed by atoms with E-state index in [4.69, 9.17) is 0 Å². The standard InChI is InChI=1S/C20H16F2Ge/c21-16-20(22)23(17-10-4-1-5-11-17,18-12-6-2-7-13-18)19-14-8-3-9-15-19/h1-16H/b20-16-. The molecule has 114 valence electrons. The van der Waals surface area contributed by atoms with E-state index in [0.29, 0.717) is 0 Å². The van der Waals surface area contributed by atoms with E-state index in [-0.39, 0.29) is 6.33 Å². The van der Waals surface area contributed by atoms with Gasteiger partial charge in [-0.15, -0.1) is 0 Å². The summed E-state index contributed by atoms with van der Waals surface area (Å²) in [7, 11) is 0. The third-order valence-corrected chi connectivity index (χ3v) is 13.4. The fraction of sp³-hybridized carbons (Fsp3) is 0. The van der Waals surface area contributed by atoms with Gasteiger partial charge in [-0.3, -0.25) is 0 Å². The van der Waals surface area contributed by atoms with Gasteiger partial charge < -0.3 is 0 Å². The molecule has 0 aliphatic carbocycles. The summed E-state index contributed by atoms with van der Waals surface area (Å²) >= 11 is -3.88. The molecule has 0 spiro atoms. The van der Waals surface area contributed by atoms with Crippen LogP contribution in [0.5, 0.6) is 0 Å². The zero-order valence-electron chi connectivity index (χ0n) is 12.5. The molecule has 0 fully saturated rings. The summed E-state index contributed by atoms with van der Waals surface area (Å²) in [5, 5.41) is 0. The molecule has 3 heteroatoms. The van der Waals surface area contributed by atoms with Crippen molar-refractivity contribution in [2.45, 2.75) is 0 Å². The molecule has 3 aromatic carbocycles. The SMILES string of the molecule is F/C=[C](/F)[Ge]([c]1ccccc1)([c]1ccccc1)[c]1ccccc1. The Labute approximate surface area is 137 Å². The predicted octanol–water partition coefficient (Wildman–Crippen LogP) is 3.48. The number of halogens is 2. The van der Waals surface area contributed by atoms with Gasteiger partial charge in [-0.05, 0) is 0 Å². The van der Waals surface area contributed by atoms with Crippen LogP contribution in [-0.4, -0.2) is 13.3 Å². The van der Waals surface area contributed by atoms with Gasteiger partial charge in [-0.2, -0.15) is 0 Å². The summed E-state index contributed by atoms with van der Waals surface area (Å²) in [6, 6.07) is 28.4. The Balaban J connectivity index is 2.41. The maximum atomic E-state index is 15.1. The second-order valence-electron chi connectivity index (χ2n) is 5.31. The molecule has 0 saturated heterocycles. The summed E-state index contributed by atoms with van der Waals surface area (Å²) in [6.07, 6.45) is 0.146. The second-order valence-corrected chi connectivity index (χ2v) is 13.1. The molecule has 23 heavy (non-hydrogen) atoms. The summed E-state index contributed by atoms with van der Waals surface area (Å²) in [5.41, 5.74) is 0. The molecule has 0 aliphatic rings. The van der Waals surface area contributed by atoms with Crippen LogP contribution in [0.1, 0.15) is 0 Å². The zero-order chi connectivity index (χ0) is 16.1. The molecule has 0 heterocycles. The van der Waals surface area contributed by atoms with E-state index in [9.17, 15) is 4.39 Å². The Kier molecular flexibility index (Phi) is 4.72. The minimum atomic E-state index is -3.88. The molecule has 3 rings (SSSR count). The molecule has 0 aromatic heterocycles. The molecule has 0 bridgehead atoms. The van der Waals surface area contributed by atoms with Crippen molar-refractivity contribution in [3.63, 3.8) is 0 Å². The van der Waals surface area contributed by atoms with Gasteiger partial charge in [0.1, 0.15) is 0 Å². The van der Waals surface area contributed by atoms with E-state index < -0.39 is 17.9 Å². The van der Waals surface area contributed by atoms with Gasteiger partial charge in [0.15, 0.2) is 0 Å². The van der Waals surface area contributed by atoms with Gasteiger partial charge in [0.2, 0.25) is 0 Å². The van der Waals surface area contributed by atoms with Crippen molar-refractivity contribution >= 4 is 26.5 Å². The number of rotatable bonds is 4. The molecular formula is C20H16F2Ge. The van der Waals surface area contributed by atoms with Crippen molar-refractivity contribution in [1.82, 2.24) is 0 Å². The number of benzene rings is 3. The fourth-order valence-electron chi connectivity index (χ4n) is 3.06. The minimum absolute atomic E-state index is 0.146. The van der Waals surface area contributed by atoms with Crippen LogP contribution in [0, 0.1) is 0 Å². The molecular weight excluding hydrogens is 351 g/mol. The Morgan fingerprint density at radius 3 is 1.17 bits per heavy atom. The average Bonchev–Trinajstić information content (AvgIpc) is 2.65. The number of hydrogen-bond donors (Lipinski definition) is 0. The topological polar surface area (TPSA) is 0 Å². The van der Waals surface area contributed by atoms with Gasteiger partial charge in [0, 0.05) is 0 Å². The third-order valence-electron chi connectivity index (χ3n) is 4.07. The van der Waals surface area contributed by atoms with Crippen molar-refractivity contribution in [2.24, 2.45) is 0 Å². The first-order valence-electron chi connectivity index (χ1n) is 7.43. The normalized spacial score (nSPS) is 12.2. The Hall–Kier alpha value is -2.20. The second kappa shape index (κ2) is 6.92. The van der Waals surface area contributed by atoms with Crippen LogP contribution in [0.3, 0.4) is 0 Å². The van der Waals surface area contributed by atoms with Crippen LogP contribution in [0.25, 0.3) is 0 Å². The van der Waals surface area contributed by atoms with Gasteiger partial charge in [0.05, 0.1) is 0 Å². The Morgan fingerprint density at radius 2 is 0.913 bits per heavy atom. The quantitative estimate of drug-likeness (QED) is 0.620. The predicted molar refractivity (Wildman–Crippen MR) is 94.3 cm³/mol. The molecule has 3 aromatic rings. The van der Waals surface area contributed by atoms with E-state index in [1.165, 1.54) is 0 Å². The zero-order valence-corrected chi connectivity index (χ0v) is 14.6. The maximum absolute atomic E-state index is 15.1. The molecule has 0 atom stereocenters. The molecule has 0 unspecified atom stereocenters. The molecule has 0 amide bonds. The van der Waals surface area contributed by atoms with Crippen molar-refractivity contribution in [3.05, 3.63) is 102 Å². The molecule has 0 N–H and O–H groups in total. The first-order chi connectivity index (χ1) is 11.3. The van der Waals surface area contributed by atoms with Crippen LogP contribution in [-0.2, 0) is 0 Å². The number of hydrogen-bond acceptors (Lipinski definition) is 0. The Bertz CT molecular complexity index is 687. The molecule has 0 nitrogen and oxygen atoms in total. The van der Waals surface area contributed by atoms with Crippen LogP contribution < -0.4 is 13.2 Å². The van der Waals surface area contributed by atoms with Crippen molar-refractivity contribution in [2.75, 3.05) is 0 Å². The van der Waals surface area contributed by atoms with E-state index in [0.717, 1.165) is 13.2 Å². The fourth-order valence-corrected chi connectivity index (χ4v) is 11.6. The van der Waals surface area contributed by atoms with Gasteiger partial charge in [-0.25, -0.2) is 0 Å². The van der Waals surface area contributed by atoms with Crippen LogP contribution >= 0.6 is 0 Å². The Morgan fingerprint density at radius 1 is 0.609 bits per heavy atom. The summed E-state index contributed by atoms with van der Waals surface area (Å²) in [4.78, 5) is 0. The monoisotopic (exact) mass is 368 g/mol. The summed E-state index contributed by atoms with van der Waals surface area (Å²) in [5.74, 6) is 0. The summed E-state index contributed by atoms with van der Waals surface area (Å²) in [6.45, 7) is 0. The summed E-state index contributed by atoms with van der Waals surface area (Å²) < 4.78 is 30.5. The van der Waals surface area contributed by atoms with Gasteiger partial charge >= 0.3 is 137 Å². The third kappa shape index (κ3) is 2.75. The van der Waals surface area contributed by atoms with Crippen LogP contribution in [0.15, 0.2) is 102 Å². The molecule has 0 radical (unpaired) electrons. The van der Waals surface area contributed by atoms with Crippen molar-refractivity contribution in [3.8, 4) is 0 Å². The van der Waals surface area contributed by atoms with Crippen molar-refractivity contribution < 1.29 is 8.78 Å². The molecule has 0 aliphatic heterocycles. The molecule has 0 saturated carbocycles. The van der Waals surface area contributed by atoms with Crippen LogP contribution in [0.2, 0.25) is 0 Å². The van der Waals surface area contributed by atoms with Crippen LogP contribution in [0.4, 0.5) is 8.78 Å². The van der Waals surface area contributed by atoms with E-state index >= 15 is 4.39 Å². The van der Waals surface area contributed by atoms with Crippen molar-refractivity contribution in [1.29, 1.82) is 0 Å². The van der Waals surface area contributed by atoms with E-state index in [1.54, 1.807) is 0 Å². The van der Waals surface area contributed by atoms with E-state index in [1.807, 2.05) is 91.0 Å². The van der Waals surface area contributed by atoms with Gasteiger partial charge in [0.25, 0.3) is 0 Å². The first-order valence-corrected chi connectivity index (χ1v) is 11.6. The van der Waals surface area contributed by atoms with E-state index in [2.05, 4.69) is 0 Å². The first kappa shape index (κ1) is 15.7. The van der Waals surface area contributed by atoms with Gasteiger partial charge in [-0.1, -0.05) is 0 Å².